The van der Waals surface area contributed by atoms with Crippen molar-refractivity contribution >= 4 is 11.6 Å². The third-order valence-corrected chi connectivity index (χ3v) is 2.62. The van der Waals surface area contributed by atoms with Gasteiger partial charge in [-0.15, -0.1) is 0 Å². The van der Waals surface area contributed by atoms with Gasteiger partial charge in [-0.05, 0) is 18.6 Å². The zero-order valence-corrected chi connectivity index (χ0v) is 8.64. The molecule has 1 aromatic rings. The molecule has 4 nitrogen and oxygen atoms in total. The van der Waals surface area contributed by atoms with E-state index in [0.29, 0.717) is 18.7 Å². The number of rotatable bonds is 2. The van der Waals surface area contributed by atoms with Crippen LogP contribution in [-0.2, 0) is 4.79 Å². The second-order valence-corrected chi connectivity index (χ2v) is 3.56. The number of hydrogen-bond acceptors (Lipinski definition) is 3. The molecule has 0 aliphatic carbocycles. The molecular formula is C11H14N2O2. The first-order valence-corrected chi connectivity index (χ1v) is 4.94. The summed E-state index contributed by atoms with van der Waals surface area (Å²) in [6, 6.07) is 7.11. The van der Waals surface area contributed by atoms with Crippen LogP contribution in [0.2, 0.25) is 0 Å². The number of carbonyl (C=O) groups excluding carboxylic acids is 1. The van der Waals surface area contributed by atoms with Crippen molar-refractivity contribution < 1.29 is 9.53 Å². The largest absolute Gasteiger partial charge is 0.495 e. The third-order valence-electron chi connectivity index (χ3n) is 2.62. The highest BCUT2D eigenvalue weighted by Crippen LogP contribution is 2.30. The third kappa shape index (κ3) is 1.68. The highest BCUT2D eigenvalue weighted by Gasteiger charge is 2.30. The Hall–Kier alpha value is -1.55. The van der Waals surface area contributed by atoms with Gasteiger partial charge in [-0.2, -0.15) is 0 Å². The Morgan fingerprint density at radius 3 is 2.80 bits per heavy atom. The maximum atomic E-state index is 11.7. The molecule has 1 heterocycles. The van der Waals surface area contributed by atoms with Crippen LogP contribution < -0.4 is 15.4 Å². The number of nitrogens with zero attached hydrogens (tertiary/aromatic N) is 1. The maximum absolute atomic E-state index is 11.7. The highest BCUT2D eigenvalue weighted by atomic mass is 16.5. The second-order valence-electron chi connectivity index (χ2n) is 3.56. The molecule has 2 rings (SSSR count). The molecule has 80 valence electrons. The van der Waals surface area contributed by atoms with Crippen LogP contribution in [0.15, 0.2) is 24.3 Å². The fraction of sp³-hybridized carbons (Fsp3) is 0.364. The minimum atomic E-state index is -0.366. The Morgan fingerprint density at radius 2 is 2.20 bits per heavy atom. The van der Waals surface area contributed by atoms with Crippen LogP contribution in [0.25, 0.3) is 0 Å². The second kappa shape index (κ2) is 3.90. The molecule has 1 fully saturated rings. The first-order chi connectivity index (χ1) is 7.24. The predicted octanol–water partition coefficient (Wildman–Crippen LogP) is 0.759. The average Bonchev–Trinajstić information content (AvgIpc) is 2.60. The SMILES string of the molecule is COc1ccccc1N1CC[C@@H](N)C1=O. The normalized spacial score (nSPS) is 20.8. The van der Waals surface area contributed by atoms with Gasteiger partial charge in [0, 0.05) is 6.54 Å². The predicted molar refractivity (Wildman–Crippen MR) is 57.9 cm³/mol. The van der Waals surface area contributed by atoms with Crippen molar-refractivity contribution in [1.29, 1.82) is 0 Å². The van der Waals surface area contributed by atoms with Crippen molar-refractivity contribution in [3.05, 3.63) is 24.3 Å². The Bertz CT molecular complexity index is 379. The van der Waals surface area contributed by atoms with Crippen molar-refractivity contribution in [2.75, 3.05) is 18.6 Å². The summed E-state index contributed by atoms with van der Waals surface area (Å²) in [4.78, 5) is 13.4. The zero-order valence-electron chi connectivity index (χ0n) is 8.64. The Balaban J connectivity index is 2.33. The van der Waals surface area contributed by atoms with Crippen molar-refractivity contribution in [3.8, 4) is 5.75 Å². The monoisotopic (exact) mass is 206 g/mol. The van der Waals surface area contributed by atoms with Crippen molar-refractivity contribution in [2.45, 2.75) is 12.5 Å². The molecule has 2 N–H and O–H groups in total. The fourth-order valence-electron chi connectivity index (χ4n) is 1.79. The molecule has 15 heavy (non-hydrogen) atoms. The molecule has 1 aromatic carbocycles. The lowest BCUT2D eigenvalue weighted by Crippen LogP contribution is -2.34. The number of methoxy groups -OCH3 is 1. The minimum Gasteiger partial charge on any atom is -0.495 e. The lowest BCUT2D eigenvalue weighted by Gasteiger charge is -2.18. The summed E-state index contributed by atoms with van der Waals surface area (Å²) < 4.78 is 5.21. The molecule has 0 spiro atoms. The summed E-state index contributed by atoms with van der Waals surface area (Å²) in [6.07, 6.45) is 0.705. The molecule has 0 bridgehead atoms. The molecule has 1 aliphatic rings. The molecule has 0 unspecified atom stereocenters. The number of nitrogens with two attached hydrogens (primary N) is 1. The summed E-state index contributed by atoms with van der Waals surface area (Å²) in [5, 5.41) is 0. The quantitative estimate of drug-likeness (QED) is 0.777. The molecule has 1 saturated heterocycles. The molecule has 0 saturated carbocycles. The van der Waals surface area contributed by atoms with Gasteiger partial charge in [-0.25, -0.2) is 0 Å². The average molecular weight is 206 g/mol. The summed E-state index contributed by atoms with van der Waals surface area (Å²) in [7, 11) is 1.60. The van der Waals surface area contributed by atoms with E-state index < -0.39 is 0 Å². The van der Waals surface area contributed by atoms with E-state index in [1.165, 1.54) is 0 Å². The van der Waals surface area contributed by atoms with Gasteiger partial charge in [0.2, 0.25) is 5.91 Å². The van der Waals surface area contributed by atoms with Crippen LogP contribution in [0.3, 0.4) is 0 Å². The van der Waals surface area contributed by atoms with Gasteiger partial charge in [-0.1, -0.05) is 12.1 Å². The summed E-state index contributed by atoms with van der Waals surface area (Å²) in [5.74, 6) is 0.680. The van der Waals surface area contributed by atoms with E-state index in [0.717, 1.165) is 5.69 Å². The summed E-state index contributed by atoms with van der Waals surface area (Å²) in [6.45, 7) is 0.667. The number of anilines is 1. The van der Waals surface area contributed by atoms with E-state index in [1.54, 1.807) is 12.0 Å². The number of ether oxygens (including phenoxy) is 1. The van der Waals surface area contributed by atoms with E-state index in [-0.39, 0.29) is 11.9 Å². The van der Waals surface area contributed by atoms with Gasteiger partial charge in [0.1, 0.15) is 5.75 Å². The fourth-order valence-corrected chi connectivity index (χ4v) is 1.79. The number of para-hydroxylation sites is 2. The molecule has 0 radical (unpaired) electrons. The van der Waals surface area contributed by atoms with Gasteiger partial charge < -0.3 is 15.4 Å². The smallest absolute Gasteiger partial charge is 0.244 e. The van der Waals surface area contributed by atoms with Crippen LogP contribution in [0.1, 0.15) is 6.42 Å². The lowest BCUT2D eigenvalue weighted by atomic mass is 10.2. The zero-order chi connectivity index (χ0) is 10.8. The van der Waals surface area contributed by atoms with Gasteiger partial charge in [0.05, 0.1) is 18.8 Å². The Morgan fingerprint density at radius 1 is 1.47 bits per heavy atom. The van der Waals surface area contributed by atoms with Crippen LogP contribution >= 0.6 is 0 Å². The lowest BCUT2D eigenvalue weighted by molar-refractivity contribution is -0.118. The molecule has 4 heteroatoms. The number of benzene rings is 1. The van der Waals surface area contributed by atoms with Gasteiger partial charge in [0.15, 0.2) is 0 Å². The molecular weight excluding hydrogens is 192 g/mol. The van der Waals surface area contributed by atoms with E-state index in [9.17, 15) is 4.79 Å². The Labute approximate surface area is 88.6 Å². The summed E-state index contributed by atoms with van der Waals surface area (Å²) >= 11 is 0. The molecule has 0 aromatic heterocycles. The van der Waals surface area contributed by atoms with Crippen LogP contribution in [0.5, 0.6) is 5.75 Å². The van der Waals surface area contributed by atoms with E-state index in [4.69, 9.17) is 10.5 Å². The van der Waals surface area contributed by atoms with Crippen LogP contribution in [0, 0.1) is 0 Å². The number of carbonyl (C=O) groups is 1. The highest BCUT2D eigenvalue weighted by molar-refractivity contribution is 6.00. The van der Waals surface area contributed by atoms with Gasteiger partial charge in [0.25, 0.3) is 0 Å². The van der Waals surface area contributed by atoms with Crippen LogP contribution in [-0.4, -0.2) is 25.6 Å². The number of amides is 1. The molecule has 1 aliphatic heterocycles. The van der Waals surface area contributed by atoms with Gasteiger partial charge >= 0.3 is 0 Å². The maximum Gasteiger partial charge on any atom is 0.244 e. The first-order valence-electron chi connectivity index (χ1n) is 4.94. The van der Waals surface area contributed by atoms with Crippen molar-refractivity contribution in [3.63, 3.8) is 0 Å². The number of hydrogen-bond donors (Lipinski definition) is 1. The standard InChI is InChI=1S/C11H14N2O2/c1-15-10-5-3-2-4-9(10)13-7-6-8(12)11(13)14/h2-5,8H,6-7,12H2,1H3/t8-/m1/s1. The van der Waals surface area contributed by atoms with Crippen molar-refractivity contribution in [1.82, 2.24) is 0 Å². The van der Waals surface area contributed by atoms with E-state index in [1.807, 2.05) is 24.3 Å². The summed E-state index contributed by atoms with van der Waals surface area (Å²) in [5.41, 5.74) is 6.47. The minimum absolute atomic E-state index is 0.0282. The van der Waals surface area contributed by atoms with Crippen LogP contribution in [0.4, 0.5) is 5.69 Å². The van der Waals surface area contributed by atoms with Gasteiger partial charge in [-0.3, -0.25) is 4.79 Å². The van der Waals surface area contributed by atoms with E-state index in [2.05, 4.69) is 0 Å². The topological polar surface area (TPSA) is 55.6 Å². The molecule has 1 atom stereocenters. The first kappa shape index (κ1) is 9.98. The van der Waals surface area contributed by atoms with Crippen molar-refractivity contribution in [2.24, 2.45) is 5.73 Å². The molecule has 1 amide bonds. The Kier molecular flexibility index (Phi) is 2.60. The van der Waals surface area contributed by atoms with E-state index >= 15 is 0 Å².